The fourth-order valence-electron chi connectivity index (χ4n) is 2.78. The van der Waals surface area contributed by atoms with Crippen LogP contribution in [-0.2, 0) is 16.4 Å². The van der Waals surface area contributed by atoms with Crippen molar-refractivity contribution in [2.45, 2.75) is 11.3 Å². The van der Waals surface area contributed by atoms with Crippen molar-refractivity contribution in [1.29, 1.82) is 0 Å². The van der Waals surface area contributed by atoms with E-state index in [0.29, 0.717) is 23.4 Å². The van der Waals surface area contributed by atoms with E-state index in [1.165, 1.54) is 30.5 Å². The Balaban J connectivity index is 1.73. The predicted octanol–water partition coefficient (Wildman–Crippen LogP) is 3.87. The number of pyridine rings is 1. The number of amides is 1. The smallest absolute Gasteiger partial charge is 0.263 e. The Kier molecular flexibility index (Phi) is 6.48. The van der Waals surface area contributed by atoms with E-state index in [1.807, 2.05) is 0 Å². The molecule has 0 aliphatic heterocycles. The lowest BCUT2D eigenvalue weighted by Crippen LogP contribution is -2.15. The maximum Gasteiger partial charge on any atom is 0.263 e. The highest BCUT2D eigenvalue weighted by Gasteiger charge is 2.15. The molecule has 2 N–H and O–H groups in total. The Labute approximate surface area is 175 Å². The molecule has 0 radical (unpaired) electrons. The van der Waals surface area contributed by atoms with E-state index in [-0.39, 0.29) is 16.6 Å². The van der Waals surface area contributed by atoms with Gasteiger partial charge < -0.3 is 10.1 Å². The first kappa shape index (κ1) is 21.1. The molecule has 0 fully saturated rings. The van der Waals surface area contributed by atoms with Gasteiger partial charge in [-0.2, -0.15) is 0 Å². The van der Waals surface area contributed by atoms with Crippen molar-refractivity contribution in [2.75, 3.05) is 17.1 Å². The fraction of sp³-hybridized carbons (Fsp3) is 0.0909. The third-order valence-corrected chi connectivity index (χ3v) is 5.60. The van der Waals surface area contributed by atoms with Gasteiger partial charge in [0.2, 0.25) is 0 Å². The number of allylic oxidation sites excluding steroid dienone is 1. The highest BCUT2D eigenvalue weighted by atomic mass is 32.2. The van der Waals surface area contributed by atoms with Crippen molar-refractivity contribution in [1.82, 2.24) is 4.98 Å². The molecular weight excluding hydrogens is 402 g/mol. The third-order valence-electron chi connectivity index (χ3n) is 4.23. The number of nitrogens with one attached hydrogen (secondary N) is 2. The molecule has 7 nitrogen and oxygen atoms in total. The summed E-state index contributed by atoms with van der Waals surface area (Å²) in [5.74, 6) is 0.594. The average Bonchev–Trinajstić information content (AvgIpc) is 2.74. The van der Waals surface area contributed by atoms with Crippen LogP contribution in [0.1, 0.15) is 15.9 Å². The van der Waals surface area contributed by atoms with Crippen LogP contribution >= 0.6 is 0 Å². The second-order valence-electron chi connectivity index (χ2n) is 6.32. The van der Waals surface area contributed by atoms with Crippen LogP contribution in [-0.4, -0.2) is 26.4 Å². The van der Waals surface area contributed by atoms with E-state index < -0.39 is 10.0 Å². The molecule has 1 heterocycles. The molecule has 0 saturated carbocycles. The number of hydrogen-bond donors (Lipinski definition) is 2. The number of sulfonamides is 1. The van der Waals surface area contributed by atoms with Gasteiger partial charge in [-0.15, -0.1) is 6.58 Å². The number of aromatic nitrogens is 1. The SMILES string of the molecule is C=CCc1cc(C(=O)Nc2ccc(S(=O)(=O)Nc3ccccn3)cc2)ccc1OC. The summed E-state index contributed by atoms with van der Waals surface area (Å²) >= 11 is 0. The number of rotatable bonds is 8. The number of anilines is 2. The van der Waals surface area contributed by atoms with Gasteiger partial charge in [-0.25, -0.2) is 13.4 Å². The molecule has 2 aromatic carbocycles. The lowest BCUT2D eigenvalue weighted by molar-refractivity contribution is 0.102. The van der Waals surface area contributed by atoms with Crippen LogP contribution in [0.15, 0.2) is 84.4 Å². The van der Waals surface area contributed by atoms with Crippen LogP contribution in [0, 0.1) is 0 Å². The Morgan fingerprint density at radius 2 is 1.90 bits per heavy atom. The number of benzene rings is 2. The average molecular weight is 423 g/mol. The van der Waals surface area contributed by atoms with Crippen LogP contribution < -0.4 is 14.8 Å². The summed E-state index contributed by atoms with van der Waals surface area (Å²) in [6, 6.07) is 16.0. The monoisotopic (exact) mass is 423 g/mol. The molecule has 0 unspecified atom stereocenters. The molecule has 8 heteroatoms. The van der Waals surface area contributed by atoms with E-state index in [1.54, 1.807) is 49.6 Å². The predicted molar refractivity (Wildman–Crippen MR) is 116 cm³/mol. The maximum atomic E-state index is 12.6. The highest BCUT2D eigenvalue weighted by Crippen LogP contribution is 2.22. The van der Waals surface area contributed by atoms with Crippen LogP contribution in [0.4, 0.5) is 11.5 Å². The van der Waals surface area contributed by atoms with E-state index in [4.69, 9.17) is 4.74 Å². The molecule has 3 aromatic rings. The number of carbonyl (C=O) groups excluding carboxylic acids is 1. The lowest BCUT2D eigenvalue weighted by Gasteiger charge is -2.11. The Hall–Kier alpha value is -3.65. The minimum Gasteiger partial charge on any atom is -0.496 e. The van der Waals surface area contributed by atoms with Crippen molar-refractivity contribution in [3.8, 4) is 5.75 Å². The zero-order chi connectivity index (χ0) is 21.6. The van der Waals surface area contributed by atoms with Crippen LogP contribution in [0.25, 0.3) is 0 Å². The summed E-state index contributed by atoms with van der Waals surface area (Å²) < 4.78 is 32.6. The van der Waals surface area contributed by atoms with Gasteiger partial charge in [0, 0.05) is 17.4 Å². The second kappa shape index (κ2) is 9.23. The summed E-state index contributed by atoms with van der Waals surface area (Å²) in [4.78, 5) is 16.6. The van der Waals surface area contributed by atoms with Crippen molar-refractivity contribution in [3.63, 3.8) is 0 Å². The van der Waals surface area contributed by atoms with Gasteiger partial charge in [0.15, 0.2) is 0 Å². The molecule has 0 aliphatic carbocycles. The minimum absolute atomic E-state index is 0.0591. The highest BCUT2D eigenvalue weighted by molar-refractivity contribution is 7.92. The molecule has 1 aromatic heterocycles. The summed E-state index contributed by atoms with van der Waals surface area (Å²) in [7, 11) is -2.21. The van der Waals surface area contributed by atoms with Crippen LogP contribution in [0.2, 0.25) is 0 Å². The standard InChI is InChI=1S/C22H21N3O4S/c1-3-6-16-15-17(8-13-20(16)29-2)22(26)24-18-9-11-19(12-10-18)30(27,28)25-21-7-4-5-14-23-21/h3-5,7-15H,1,6H2,2H3,(H,23,25)(H,24,26). The topological polar surface area (TPSA) is 97.4 Å². The van der Waals surface area contributed by atoms with E-state index in [0.717, 1.165) is 5.56 Å². The van der Waals surface area contributed by atoms with Gasteiger partial charge in [-0.3, -0.25) is 9.52 Å². The Morgan fingerprint density at radius 1 is 1.13 bits per heavy atom. The van der Waals surface area contributed by atoms with Gasteiger partial charge in [-0.05, 0) is 66.6 Å². The molecule has 0 spiro atoms. The fourth-order valence-corrected chi connectivity index (χ4v) is 3.78. The van der Waals surface area contributed by atoms with Gasteiger partial charge in [-0.1, -0.05) is 12.1 Å². The number of ether oxygens (including phenoxy) is 1. The van der Waals surface area contributed by atoms with E-state index in [2.05, 4.69) is 21.6 Å². The van der Waals surface area contributed by atoms with E-state index in [9.17, 15) is 13.2 Å². The molecule has 154 valence electrons. The molecule has 0 bridgehead atoms. The van der Waals surface area contributed by atoms with Crippen molar-refractivity contribution < 1.29 is 17.9 Å². The van der Waals surface area contributed by atoms with Gasteiger partial charge in [0.05, 0.1) is 12.0 Å². The largest absolute Gasteiger partial charge is 0.496 e. The first-order valence-electron chi connectivity index (χ1n) is 9.06. The van der Waals surface area contributed by atoms with Crippen molar-refractivity contribution >= 4 is 27.4 Å². The minimum atomic E-state index is -3.78. The molecule has 1 amide bonds. The Bertz CT molecular complexity index is 1140. The zero-order valence-electron chi connectivity index (χ0n) is 16.3. The van der Waals surface area contributed by atoms with Crippen molar-refractivity contribution in [2.24, 2.45) is 0 Å². The molecule has 0 aliphatic rings. The number of hydrogen-bond acceptors (Lipinski definition) is 5. The lowest BCUT2D eigenvalue weighted by atomic mass is 10.1. The van der Waals surface area contributed by atoms with Gasteiger partial charge in [0.1, 0.15) is 11.6 Å². The molecule has 0 saturated heterocycles. The van der Waals surface area contributed by atoms with Gasteiger partial charge >= 0.3 is 0 Å². The van der Waals surface area contributed by atoms with E-state index >= 15 is 0 Å². The molecule has 0 atom stereocenters. The first-order chi connectivity index (χ1) is 14.4. The third kappa shape index (κ3) is 5.03. The van der Waals surface area contributed by atoms with Crippen LogP contribution in [0.5, 0.6) is 5.75 Å². The first-order valence-corrected chi connectivity index (χ1v) is 10.5. The number of nitrogens with zero attached hydrogens (tertiary/aromatic N) is 1. The van der Waals surface area contributed by atoms with Crippen molar-refractivity contribution in [3.05, 3.63) is 90.6 Å². The summed E-state index contributed by atoms with van der Waals surface area (Å²) in [6.45, 7) is 3.71. The molecule has 30 heavy (non-hydrogen) atoms. The second-order valence-corrected chi connectivity index (χ2v) is 8.00. The summed E-state index contributed by atoms with van der Waals surface area (Å²) in [5, 5.41) is 2.76. The van der Waals surface area contributed by atoms with Gasteiger partial charge in [0.25, 0.3) is 15.9 Å². The van der Waals surface area contributed by atoms with Crippen LogP contribution in [0.3, 0.4) is 0 Å². The number of carbonyl (C=O) groups is 1. The maximum absolute atomic E-state index is 12.6. The normalized spacial score (nSPS) is 10.8. The Morgan fingerprint density at radius 3 is 2.53 bits per heavy atom. The summed E-state index contributed by atoms with van der Waals surface area (Å²) in [6.07, 6.45) is 3.80. The molecular formula is C22H21N3O4S. The number of methoxy groups -OCH3 is 1. The summed E-state index contributed by atoms with van der Waals surface area (Å²) in [5.41, 5.74) is 1.78. The quantitative estimate of drug-likeness (QED) is 0.536. The molecule has 3 rings (SSSR count). The zero-order valence-corrected chi connectivity index (χ0v) is 17.1.